The number of aromatic nitrogens is 1. The Hall–Kier alpha value is -0.870. The van der Waals surface area contributed by atoms with E-state index < -0.39 is 0 Å². The first kappa shape index (κ1) is 17.2. The van der Waals surface area contributed by atoms with Crippen molar-refractivity contribution in [2.75, 3.05) is 13.1 Å². The van der Waals surface area contributed by atoms with Gasteiger partial charge in [0.05, 0.1) is 12.2 Å². The lowest BCUT2D eigenvalue weighted by Crippen LogP contribution is -2.33. The fourth-order valence-electron chi connectivity index (χ4n) is 2.13. The van der Waals surface area contributed by atoms with Gasteiger partial charge in [-0.3, -0.25) is 4.90 Å². The Labute approximate surface area is 123 Å². The molecular formula is C16H31N3O. The number of hydrogen-bond acceptors (Lipinski definition) is 4. The summed E-state index contributed by atoms with van der Waals surface area (Å²) < 4.78 is 5.45. The summed E-state index contributed by atoms with van der Waals surface area (Å²) in [7, 11) is 0. The van der Waals surface area contributed by atoms with Crippen LogP contribution in [0.4, 0.5) is 0 Å². The van der Waals surface area contributed by atoms with Crippen molar-refractivity contribution >= 4 is 0 Å². The van der Waals surface area contributed by atoms with E-state index in [1.165, 1.54) is 0 Å². The third kappa shape index (κ3) is 6.53. The summed E-state index contributed by atoms with van der Waals surface area (Å²) in [5, 5.41) is 7.53. The third-order valence-corrected chi connectivity index (χ3v) is 3.16. The summed E-state index contributed by atoms with van der Waals surface area (Å²) in [5.41, 5.74) is 0.994. The van der Waals surface area contributed by atoms with E-state index in [4.69, 9.17) is 4.52 Å². The van der Waals surface area contributed by atoms with E-state index in [9.17, 15) is 0 Å². The highest BCUT2D eigenvalue weighted by Gasteiger charge is 2.14. The topological polar surface area (TPSA) is 41.3 Å². The average Bonchev–Trinajstić information content (AvgIpc) is 2.74. The van der Waals surface area contributed by atoms with Crippen molar-refractivity contribution in [3.8, 4) is 0 Å². The van der Waals surface area contributed by atoms with Gasteiger partial charge in [0, 0.05) is 25.2 Å². The second-order valence-electron chi connectivity index (χ2n) is 6.73. The van der Waals surface area contributed by atoms with Gasteiger partial charge in [0.2, 0.25) is 0 Å². The van der Waals surface area contributed by atoms with E-state index in [2.05, 4.69) is 63.0 Å². The predicted octanol–water partition coefficient (Wildman–Crippen LogP) is 3.29. The van der Waals surface area contributed by atoms with E-state index >= 15 is 0 Å². The van der Waals surface area contributed by atoms with Gasteiger partial charge in [-0.15, -0.1) is 0 Å². The monoisotopic (exact) mass is 281 g/mol. The first-order valence-corrected chi connectivity index (χ1v) is 7.77. The molecule has 1 N–H and O–H groups in total. The lowest BCUT2D eigenvalue weighted by molar-refractivity contribution is 0.169. The van der Waals surface area contributed by atoms with E-state index in [0.717, 1.165) is 37.6 Å². The molecule has 4 heteroatoms. The van der Waals surface area contributed by atoms with Crippen LogP contribution in [-0.4, -0.2) is 29.2 Å². The molecule has 116 valence electrons. The predicted molar refractivity (Wildman–Crippen MR) is 83.4 cm³/mol. The number of hydrogen-bond donors (Lipinski definition) is 1. The molecule has 0 bridgehead atoms. The molecule has 0 atom stereocenters. The lowest BCUT2D eigenvalue weighted by Gasteiger charge is -2.26. The maximum atomic E-state index is 5.45. The minimum atomic E-state index is 0.519. The number of nitrogens with one attached hydrogen (secondary N) is 1. The van der Waals surface area contributed by atoms with E-state index in [-0.39, 0.29) is 0 Å². The van der Waals surface area contributed by atoms with Crippen LogP contribution in [0.2, 0.25) is 0 Å². The van der Waals surface area contributed by atoms with Gasteiger partial charge in [-0.2, -0.15) is 0 Å². The highest BCUT2D eigenvalue weighted by molar-refractivity contribution is 5.05. The molecule has 1 aromatic rings. The van der Waals surface area contributed by atoms with Gasteiger partial charge in [-0.05, 0) is 32.2 Å². The molecule has 0 aliphatic carbocycles. The molecule has 0 radical (unpaired) electrons. The van der Waals surface area contributed by atoms with Crippen LogP contribution in [-0.2, 0) is 13.1 Å². The van der Waals surface area contributed by atoms with Crippen molar-refractivity contribution in [3.63, 3.8) is 0 Å². The van der Waals surface area contributed by atoms with Crippen LogP contribution in [0.15, 0.2) is 10.6 Å². The summed E-state index contributed by atoms with van der Waals surface area (Å²) >= 11 is 0. The van der Waals surface area contributed by atoms with E-state index in [1.54, 1.807) is 0 Å². The Morgan fingerprint density at radius 2 is 1.85 bits per heavy atom. The van der Waals surface area contributed by atoms with Gasteiger partial charge in [0.1, 0.15) is 0 Å². The highest BCUT2D eigenvalue weighted by Crippen LogP contribution is 2.12. The number of nitrogens with zero attached hydrogens (tertiary/aromatic N) is 2. The largest absolute Gasteiger partial charge is 0.360 e. The Kier molecular flexibility index (Phi) is 7.24. The molecule has 1 aromatic heterocycles. The summed E-state index contributed by atoms with van der Waals surface area (Å²) in [4.78, 5) is 2.43. The fraction of sp³-hybridized carbons (Fsp3) is 0.812. The molecule has 0 fully saturated rings. The molecule has 0 aliphatic rings. The van der Waals surface area contributed by atoms with Gasteiger partial charge in [-0.1, -0.05) is 32.9 Å². The molecule has 4 nitrogen and oxygen atoms in total. The molecule has 0 unspecified atom stereocenters. The second-order valence-corrected chi connectivity index (χ2v) is 6.73. The molecular weight excluding hydrogens is 250 g/mol. The Balaban J connectivity index is 2.48. The Bertz CT molecular complexity index is 372. The molecule has 0 amide bonds. The Morgan fingerprint density at radius 1 is 1.15 bits per heavy atom. The molecule has 0 saturated heterocycles. The zero-order valence-electron chi connectivity index (χ0n) is 13.9. The Morgan fingerprint density at radius 3 is 2.40 bits per heavy atom. The van der Waals surface area contributed by atoms with Crippen molar-refractivity contribution < 1.29 is 4.52 Å². The van der Waals surface area contributed by atoms with Gasteiger partial charge < -0.3 is 9.84 Å². The first-order valence-electron chi connectivity index (χ1n) is 7.77. The van der Waals surface area contributed by atoms with Crippen molar-refractivity contribution in [1.82, 2.24) is 15.4 Å². The zero-order chi connectivity index (χ0) is 15.1. The summed E-state index contributed by atoms with van der Waals surface area (Å²) in [6.07, 6.45) is 0. The van der Waals surface area contributed by atoms with Crippen LogP contribution in [0.3, 0.4) is 0 Å². The summed E-state index contributed by atoms with van der Waals surface area (Å²) in [5.74, 6) is 2.28. The van der Waals surface area contributed by atoms with Crippen molar-refractivity contribution in [3.05, 3.63) is 17.5 Å². The van der Waals surface area contributed by atoms with Crippen LogP contribution in [0.5, 0.6) is 0 Å². The van der Waals surface area contributed by atoms with Crippen LogP contribution >= 0.6 is 0 Å². The molecule has 0 saturated carbocycles. The molecule has 1 rings (SSSR count). The fourth-order valence-corrected chi connectivity index (χ4v) is 2.13. The first-order chi connectivity index (χ1) is 9.38. The summed E-state index contributed by atoms with van der Waals surface area (Å²) in [6.45, 7) is 17.1. The van der Waals surface area contributed by atoms with Crippen LogP contribution < -0.4 is 5.32 Å². The maximum absolute atomic E-state index is 5.45. The van der Waals surface area contributed by atoms with Gasteiger partial charge >= 0.3 is 0 Å². The average molecular weight is 281 g/mol. The smallest absolute Gasteiger partial charge is 0.151 e. The van der Waals surface area contributed by atoms with Crippen LogP contribution in [0.1, 0.15) is 53.0 Å². The van der Waals surface area contributed by atoms with Gasteiger partial charge in [-0.25, -0.2) is 0 Å². The van der Waals surface area contributed by atoms with Crippen molar-refractivity contribution in [2.24, 2.45) is 11.8 Å². The molecule has 0 aromatic carbocycles. The van der Waals surface area contributed by atoms with Crippen LogP contribution in [0.25, 0.3) is 0 Å². The molecule has 0 spiro atoms. The van der Waals surface area contributed by atoms with Gasteiger partial charge in [0.15, 0.2) is 5.76 Å². The maximum Gasteiger partial charge on any atom is 0.151 e. The second kappa shape index (κ2) is 8.42. The summed E-state index contributed by atoms with van der Waals surface area (Å²) in [6, 6.07) is 2.59. The standard InChI is InChI=1S/C16H31N3O/c1-12(2)8-17-9-15-7-16(20-18-15)11-19(14(5)6)10-13(3)4/h7,12-14,17H,8-11H2,1-6H3. The minimum absolute atomic E-state index is 0.519. The normalized spacial score (nSPS) is 12.3. The lowest BCUT2D eigenvalue weighted by atomic mass is 10.1. The van der Waals surface area contributed by atoms with Crippen molar-refractivity contribution in [2.45, 2.75) is 60.7 Å². The third-order valence-electron chi connectivity index (χ3n) is 3.16. The molecule has 1 heterocycles. The molecule has 20 heavy (non-hydrogen) atoms. The van der Waals surface area contributed by atoms with E-state index in [0.29, 0.717) is 17.9 Å². The van der Waals surface area contributed by atoms with Crippen LogP contribution in [0, 0.1) is 11.8 Å². The molecule has 0 aliphatic heterocycles. The zero-order valence-corrected chi connectivity index (χ0v) is 13.9. The SMILES string of the molecule is CC(C)CNCc1cc(CN(CC(C)C)C(C)C)on1. The van der Waals surface area contributed by atoms with Gasteiger partial charge in [0.25, 0.3) is 0 Å². The quantitative estimate of drug-likeness (QED) is 0.754. The minimum Gasteiger partial charge on any atom is -0.360 e. The number of rotatable bonds is 9. The van der Waals surface area contributed by atoms with E-state index in [1.807, 2.05) is 0 Å². The highest BCUT2D eigenvalue weighted by atomic mass is 16.5. The van der Waals surface area contributed by atoms with Crippen molar-refractivity contribution in [1.29, 1.82) is 0 Å².